The summed E-state index contributed by atoms with van der Waals surface area (Å²) >= 11 is 1.31. The van der Waals surface area contributed by atoms with Crippen LogP contribution in [0.2, 0.25) is 0 Å². The van der Waals surface area contributed by atoms with Gasteiger partial charge in [0.05, 0.1) is 11.4 Å². The second-order valence-corrected chi connectivity index (χ2v) is 4.76. The number of carbonyl (C=O) groups is 1. The average molecular weight is 263 g/mol. The third-order valence-corrected chi connectivity index (χ3v) is 3.64. The molecule has 0 saturated carbocycles. The zero-order valence-corrected chi connectivity index (χ0v) is 10.7. The lowest BCUT2D eigenvalue weighted by Gasteiger charge is -2.09. The fourth-order valence-electron chi connectivity index (χ4n) is 1.72. The minimum Gasteiger partial charge on any atom is -0.308 e. The molecule has 2 aromatic rings. The summed E-state index contributed by atoms with van der Waals surface area (Å²) in [7, 11) is 0. The maximum Gasteiger partial charge on any atom is 0.275 e. The van der Waals surface area contributed by atoms with Gasteiger partial charge in [0, 0.05) is 11.8 Å². The van der Waals surface area contributed by atoms with E-state index in [9.17, 15) is 9.59 Å². The van der Waals surface area contributed by atoms with E-state index in [0.717, 1.165) is 11.3 Å². The summed E-state index contributed by atoms with van der Waals surface area (Å²) in [5, 5.41) is 1.81. The van der Waals surface area contributed by atoms with Gasteiger partial charge in [-0.05, 0) is 30.0 Å². The lowest BCUT2D eigenvalue weighted by atomic mass is 10.2. The Kier molecular flexibility index (Phi) is 3.59. The molecule has 6 heteroatoms. The minimum absolute atomic E-state index is 0.0830. The molecule has 0 unspecified atom stereocenters. The summed E-state index contributed by atoms with van der Waals surface area (Å²) in [5.41, 5.74) is 3.67. The largest absolute Gasteiger partial charge is 0.308 e. The number of hydrogen-bond donors (Lipinski definition) is 2. The second-order valence-electron chi connectivity index (χ2n) is 3.84. The highest BCUT2D eigenvalue weighted by molar-refractivity contribution is 7.12. The maximum absolute atomic E-state index is 11.8. The standard InChI is InChI=1S/C12H13N3O2S/c1-8-3-2-4-10(16)15(8)7-9-5-6-18-11(9)12(17)14-13/h2-6H,7,13H2,1H3,(H,14,17). The van der Waals surface area contributed by atoms with E-state index in [0.29, 0.717) is 11.4 Å². The first-order chi connectivity index (χ1) is 8.63. The van der Waals surface area contributed by atoms with E-state index in [1.54, 1.807) is 10.6 Å². The molecule has 0 fully saturated rings. The maximum atomic E-state index is 11.8. The van der Waals surface area contributed by atoms with Gasteiger partial charge in [0.25, 0.3) is 11.5 Å². The molecule has 1 amide bonds. The van der Waals surface area contributed by atoms with E-state index >= 15 is 0 Å². The zero-order valence-electron chi connectivity index (χ0n) is 9.84. The smallest absolute Gasteiger partial charge is 0.275 e. The Morgan fingerprint density at radius 1 is 1.44 bits per heavy atom. The number of amides is 1. The van der Waals surface area contributed by atoms with Gasteiger partial charge in [-0.2, -0.15) is 0 Å². The van der Waals surface area contributed by atoms with Gasteiger partial charge in [-0.25, -0.2) is 5.84 Å². The second kappa shape index (κ2) is 5.16. The topological polar surface area (TPSA) is 77.1 Å². The molecule has 0 atom stereocenters. The van der Waals surface area contributed by atoms with E-state index in [2.05, 4.69) is 5.43 Å². The SMILES string of the molecule is Cc1cccc(=O)n1Cc1ccsc1C(=O)NN. The van der Waals surface area contributed by atoms with Crippen LogP contribution in [0, 0.1) is 6.92 Å². The number of pyridine rings is 1. The van der Waals surface area contributed by atoms with E-state index < -0.39 is 0 Å². The summed E-state index contributed by atoms with van der Waals surface area (Å²) in [6, 6.07) is 6.90. The van der Waals surface area contributed by atoms with Crippen LogP contribution >= 0.6 is 11.3 Å². The molecular formula is C12H13N3O2S. The molecule has 18 heavy (non-hydrogen) atoms. The van der Waals surface area contributed by atoms with Crippen LogP contribution in [0.15, 0.2) is 34.4 Å². The van der Waals surface area contributed by atoms with Crippen LogP contribution in [-0.2, 0) is 6.54 Å². The molecule has 2 aromatic heterocycles. The Morgan fingerprint density at radius 2 is 2.22 bits per heavy atom. The van der Waals surface area contributed by atoms with Gasteiger partial charge in [-0.1, -0.05) is 6.07 Å². The molecule has 0 aliphatic rings. The van der Waals surface area contributed by atoms with Crippen molar-refractivity contribution in [3.05, 3.63) is 56.1 Å². The highest BCUT2D eigenvalue weighted by Gasteiger charge is 2.13. The molecule has 0 aromatic carbocycles. The Bertz CT molecular complexity index is 630. The Labute approximate surface area is 108 Å². The van der Waals surface area contributed by atoms with Gasteiger partial charge in [-0.3, -0.25) is 15.0 Å². The van der Waals surface area contributed by atoms with Crippen molar-refractivity contribution < 1.29 is 4.79 Å². The van der Waals surface area contributed by atoms with E-state index in [1.165, 1.54) is 17.4 Å². The summed E-state index contributed by atoms with van der Waals surface area (Å²) in [4.78, 5) is 23.8. The average Bonchev–Trinajstić information content (AvgIpc) is 2.81. The van der Waals surface area contributed by atoms with Crippen molar-refractivity contribution in [2.24, 2.45) is 5.84 Å². The van der Waals surface area contributed by atoms with Gasteiger partial charge in [0.15, 0.2) is 0 Å². The highest BCUT2D eigenvalue weighted by Crippen LogP contribution is 2.17. The molecule has 3 N–H and O–H groups in total. The molecule has 0 bridgehead atoms. The molecular weight excluding hydrogens is 250 g/mol. The quantitative estimate of drug-likeness (QED) is 0.490. The number of thiophene rings is 1. The van der Waals surface area contributed by atoms with Crippen LogP contribution in [-0.4, -0.2) is 10.5 Å². The zero-order chi connectivity index (χ0) is 13.1. The summed E-state index contributed by atoms with van der Waals surface area (Å²) in [6.45, 7) is 2.23. The number of aryl methyl sites for hydroxylation is 1. The number of nitrogen functional groups attached to an aromatic ring is 1. The molecule has 2 rings (SSSR count). The first-order valence-corrected chi connectivity index (χ1v) is 6.25. The minimum atomic E-state index is -0.332. The van der Waals surface area contributed by atoms with Crippen LogP contribution in [0.4, 0.5) is 0 Å². The highest BCUT2D eigenvalue weighted by atomic mass is 32.1. The van der Waals surface area contributed by atoms with Crippen LogP contribution < -0.4 is 16.8 Å². The van der Waals surface area contributed by atoms with Crippen molar-refractivity contribution in [1.29, 1.82) is 0 Å². The first-order valence-electron chi connectivity index (χ1n) is 5.37. The van der Waals surface area contributed by atoms with E-state index in [1.807, 2.05) is 24.4 Å². The van der Waals surface area contributed by atoms with Crippen molar-refractivity contribution >= 4 is 17.2 Å². The molecule has 0 spiro atoms. The third-order valence-electron chi connectivity index (χ3n) is 2.68. The number of aromatic nitrogens is 1. The Balaban J connectivity index is 2.38. The molecule has 2 heterocycles. The van der Waals surface area contributed by atoms with Gasteiger partial charge < -0.3 is 4.57 Å². The van der Waals surface area contributed by atoms with Crippen molar-refractivity contribution in [2.75, 3.05) is 0 Å². The Morgan fingerprint density at radius 3 is 2.89 bits per heavy atom. The van der Waals surface area contributed by atoms with Crippen molar-refractivity contribution in [3.8, 4) is 0 Å². The van der Waals surface area contributed by atoms with Gasteiger partial charge in [0.1, 0.15) is 0 Å². The number of nitrogens with one attached hydrogen (secondary N) is 1. The number of hydrazine groups is 1. The van der Waals surface area contributed by atoms with Crippen molar-refractivity contribution in [3.63, 3.8) is 0 Å². The predicted molar refractivity (Wildman–Crippen MR) is 70.5 cm³/mol. The molecule has 94 valence electrons. The summed E-state index contributed by atoms with van der Waals surface area (Å²) in [5.74, 6) is 4.79. The number of nitrogens with two attached hydrogens (primary N) is 1. The normalized spacial score (nSPS) is 10.3. The van der Waals surface area contributed by atoms with Crippen molar-refractivity contribution in [1.82, 2.24) is 9.99 Å². The van der Waals surface area contributed by atoms with Crippen molar-refractivity contribution in [2.45, 2.75) is 13.5 Å². The molecule has 5 nitrogen and oxygen atoms in total. The predicted octanol–water partition coefficient (Wildman–Crippen LogP) is 0.870. The molecule has 0 saturated heterocycles. The van der Waals surface area contributed by atoms with Gasteiger partial charge >= 0.3 is 0 Å². The number of hydrogen-bond acceptors (Lipinski definition) is 4. The van der Waals surface area contributed by atoms with Crippen LogP contribution in [0.1, 0.15) is 20.9 Å². The lowest BCUT2D eigenvalue weighted by molar-refractivity contribution is 0.0956. The first kappa shape index (κ1) is 12.5. The molecule has 0 aliphatic heterocycles. The van der Waals surface area contributed by atoms with Gasteiger partial charge in [0.2, 0.25) is 0 Å². The lowest BCUT2D eigenvalue weighted by Crippen LogP contribution is -2.30. The summed E-state index contributed by atoms with van der Waals surface area (Å²) in [6.07, 6.45) is 0. The fourth-order valence-corrected chi connectivity index (χ4v) is 2.54. The van der Waals surface area contributed by atoms with Crippen LogP contribution in [0.3, 0.4) is 0 Å². The third kappa shape index (κ3) is 2.34. The monoisotopic (exact) mass is 263 g/mol. The van der Waals surface area contributed by atoms with Crippen LogP contribution in [0.5, 0.6) is 0 Å². The molecule has 0 aliphatic carbocycles. The Hall–Kier alpha value is -1.92. The fraction of sp³-hybridized carbons (Fsp3) is 0.167. The van der Waals surface area contributed by atoms with E-state index in [-0.39, 0.29) is 11.5 Å². The molecule has 0 radical (unpaired) electrons. The summed E-state index contributed by atoms with van der Waals surface area (Å²) < 4.78 is 1.62. The van der Waals surface area contributed by atoms with Crippen LogP contribution in [0.25, 0.3) is 0 Å². The number of carbonyl (C=O) groups excluding carboxylic acids is 1. The van der Waals surface area contributed by atoms with E-state index in [4.69, 9.17) is 5.84 Å². The number of nitrogens with zero attached hydrogens (tertiary/aromatic N) is 1. The number of rotatable bonds is 3. The van der Waals surface area contributed by atoms with Gasteiger partial charge in [-0.15, -0.1) is 11.3 Å².